The van der Waals surface area contributed by atoms with Crippen LogP contribution in [0.5, 0.6) is 11.6 Å². The molecule has 21 heavy (non-hydrogen) atoms. The molecule has 5 heteroatoms. The number of hydrogen-bond donors (Lipinski definition) is 0. The van der Waals surface area contributed by atoms with E-state index < -0.39 is 0 Å². The topological polar surface area (TPSA) is 44.2 Å². The van der Waals surface area contributed by atoms with E-state index in [1.165, 1.54) is 0 Å². The Kier molecular flexibility index (Phi) is 3.88. The summed E-state index contributed by atoms with van der Waals surface area (Å²) in [6, 6.07) is 15.3. The third-order valence-electron chi connectivity index (χ3n) is 3.05. The van der Waals surface area contributed by atoms with E-state index in [-0.39, 0.29) is 5.28 Å². The van der Waals surface area contributed by atoms with Gasteiger partial charge in [-0.25, -0.2) is 4.98 Å². The van der Waals surface area contributed by atoms with Crippen LogP contribution in [0, 0.1) is 0 Å². The van der Waals surface area contributed by atoms with Crippen molar-refractivity contribution >= 4 is 22.5 Å². The second-order valence-corrected chi connectivity index (χ2v) is 4.79. The second kappa shape index (κ2) is 5.97. The van der Waals surface area contributed by atoms with E-state index >= 15 is 0 Å². The van der Waals surface area contributed by atoms with Crippen LogP contribution < -0.4 is 9.47 Å². The number of methoxy groups -OCH3 is 1. The molecule has 0 aliphatic rings. The van der Waals surface area contributed by atoms with Gasteiger partial charge in [-0.3, -0.25) is 0 Å². The smallest absolute Gasteiger partial charge is 0.226 e. The Hall–Kier alpha value is -2.33. The first-order valence-corrected chi connectivity index (χ1v) is 6.82. The van der Waals surface area contributed by atoms with Crippen molar-refractivity contribution in [3.05, 3.63) is 59.4 Å². The number of nitrogens with zero attached hydrogens (tertiary/aromatic N) is 2. The molecule has 0 aliphatic carbocycles. The molecule has 2 aromatic carbocycles. The van der Waals surface area contributed by atoms with Crippen molar-refractivity contribution < 1.29 is 9.47 Å². The average Bonchev–Trinajstić information content (AvgIpc) is 2.52. The lowest BCUT2D eigenvalue weighted by Crippen LogP contribution is -1.99. The van der Waals surface area contributed by atoms with Gasteiger partial charge in [0, 0.05) is 0 Å². The average molecular weight is 301 g/mol. The molecule has 0 fully saturated rings. The molecule has 0 bridgehead atoms. The lowest BCUT2D eigenvalue weighted by atomic mass is 10.2. The van der Waals surface area contributed by atoms with E-state index in [1.54, 1.807) is 7.11 Å². The summed E-state index contributed by atoms with van der Waals surface area (Å²) in [4.78, 5) is 8.33. The van der Waals surface area contributed by atoms with Gasteiger partial charge in [0.05, 0.1) is 18.0 Å². The lowest BCUT2D eigenvalue weighted by molar-refractivity contribution is 0.297. The fraction of sp³-hybridized carbons (Fsp3) is 0.125. The summed E-state index contributed by atoms with van der Waals surface area (Å²) in [7, 11) is 1.64. The summed E-state index contributed by atoms with van der Waals surface area (Å²) >= 11 is 5.93. The molecule has 0 saturated carbocycles. The zero-order valence-corrected chi connectivity index (χ0v) is 12.2. The molecule has 106 valence electrons. The molecule has 0 spiro atoms. The molecule has 1 aromatic heterocycles. The minimum absolute atomic E-state index is 0.175. The summed E-state index contributed by atoms with van der Waals surface area (Å²) in [5, 5.41) is 1.01. The molecular formula is C16H13ClN2O2. The van der Waals surface area contributed by atoms with Crippen molar-refractivity contribution in [2.24, 2.45) is 0 Å². The monoisotopic (exact) mass is 300 g/mol. The largest absolute Gasteiger partial charge is 0.497 e. The minimum atomic E-state index is 0.175. The van der Waals surface area contributed by atoms with E-state index in [1.807, 2.05) is 48.5 Å². The zero-order chi connectivity index (χ0) is 14.7. The molecule has 0 saturated heterocycles. The van der Waals surface area contributed by atoms with Crippen LogP contribution in [0.25, 0.3) is 10.9 Å². The van der Waals surface area contributed by atoms with Crippen LogP contribution in [0.15, 0.2) is 48.5 Å². The number of benzene rings is 2. The van der Waals surface area contributed by atoms with Crippen LogP contribution in [0.1, 0.15) is 5.56 Å². The Bertz CT molecular complexity index is 777. The van der Waals surface area contributed by atoms with Crippen molar-refractivity contribution in [2.45, 2.75) is 6.61 Å². The van der Waals surface area contributed by atoms with Gasteiger partial charge < -0.3 is 9.47 Å². The van der Waals surface area contributed by atoms with Gasteiger partial charge >= 0.3 is 0 Å². The predicted octanol–water partition coefficient (Wildman–Crippen LogP) is 3.87. The fourth-order valence-corrected chi connectivity index (χ4v) is 2.21. The third kappa shape index (κ3) is 3.06. The minimum Gasteiger partial charge on any atom is -0.497 e. The van der Waals surface area contributed by atoms with Gasteiger partial charge in [0.25, 0.3) is 0 Å². The lowest BCUT2D eigenvalue weighted by Gasteiger charge is -2.09. The SMILES string of the molecule is COc1cccc(COc2nc(Cl)nc3ccccc23)c1. The standard InChI is InChI=1S/C16H13ClN2O2/c1-20-12-6-4-5-11(9-12)10-21-15-13-7-2-3-8-14(13)18-16(17)19-15/h2-9H,10H2,1H3. The maximum Gasteiger partial charge on any atom is 0.226 e. The van der Waals surface area contributed by atoms with E-state index in [2.05, 4.69) is 9.97 Å². The maximum absolute atomic E-state index is 5.93. The Morgan fingerprint density at radius 2 is 1.90 bits per heavy atom. The molecule has 0 radical (unpaired) electrons. The van der Waals surface area contributed by atoms with Gasteiger partial charge in [-0.1, -0.05) is 24.3 Å². The number of rotatable bonds is 4. The first-order valence-electron chi connectivity index (χ1n) is 6.44. The molecule has 0 amide bonds. The summed E-state index contributed by atoms with van der Waals surface area (Å²) in [6.07, 6.45) is 0. The molecule has 1 heterocycles. The van der Waals surface area contributed by atoms with Gasteiger partial charge in [0.1, 0.15) is 12.4 Å². The Labute approximate surface area is 127 Å². The summed E-state index contributed by atoms with van der Waals surface area (Å²) in [6.45, 7) is 0.383. The Morgan fingerprint density at radius 3 is 2.76 bits per heavy atom. The fourth-order valence-electron chi connectivity index (χ4n) is 2.04. The molecular weight excluding hydrogens is 288 g/mol. The number of para-hydroxylation sites is 1. The number of aromatic nitrogens is 2. The third-order valence-corrected chi connectivity index (χ3v) is 3.22. The summed E-state index contributed by atoms with van der Waals surface area (Å²) in [5.41, 5.74) is 1.76. The first-order chi connectivity index (χ1) is 10.3. The van der Waals surface area contributed by atoms with Crippen LogP contribution >= 0.6 is 11.6 Å². The van der Waals surface area contributed by atoms with Gasteiger partial charge in [-0.2, -0.15) is 4.98 Å². The number of hydrogen-bond acceptors (Lipinski definition) is 4. The van der Waals surface area contributed by atoms with Crippen LogP contribution in [0.4, 0.5) is 0 Å². The normalized spacial score (nSPS) is 10.6. The maximum atomic E-state index is 5.93. The number of ether oxygens (including phenoxy) is 2. The highest BCUT2D eigenvalue weighted by Crippen LogP contribution is 2.25. The van der Waals surface area contributed by atoms with Crippen molar-refractivity contribution in [1.29, 1.82) is 0 Å². The molecule has 0 aliphatic heterocycles. The quantitative estimate of drug-likeness (QED) is 0.686. The Balaban J connectivity index is 1.87. The highest BCUT2D eigenvalue weighted by molar-refractivity contribution is 6.28. The van der Waals surface area contributed by atoms with E-state index in [0.29, 0.717) is 12.5 Å². The molecule has 0 N–H and O–H groups in total. The molecule has 0 unspecified atom stereocenters. The summed E-state index contributed by atoms with van der Waals surface area (Å²) in [5.74, 6) is 1.27. The Morgan fingerprint density at radius 1 is 1.05 bits per heavy atom. The number of fused-ring (bicyclic) bond motifs is 1. The van der Waals surface area contributed by atoms with E-state index in [0.717, 1.165) is 22.2 Å². The summed E-state index contributed by atoms with van der Waals surface area (Å²) < 4.78 is 11.0. The van der Waals surface area contributed by atoms with Crippen LogP contribution in [0.3, 0.4) is 0 Å². The van der Waals surface area contributed by atoms with Crippen LogP contribution in [-0.2, 0) is 6.61 Å². The molecule has 3 aromatic rings. The van der Waals surface area contributed by atoms with Gasteiger partial charge in [0.2, 0.25) is 11.2 Å². The van der Waals surface area contributed by atoms with Crippen LogP contribution in [0.2, 0.25) is 5.28 Å². The molecule has 0 atom stereocenters. The van der Waals surface area contributed by atoms with Crippen molar-refractivity contribution in [2.75, 3.05) is 7.11 Å². The molecule has 3 rings (SSSR count). The van der Waals surface area contributed by atoms with Crippen molar-refractivity contribution in [3.63, 3.8) is 0 Å². The second-order valence-electron chi connectivity index (χ2n) is 4.46. The van der Waals surface area contributed by atoms with Gasteiger partial charge in [-0.05, 0) is 41.4 Å². The van der Waals surface area contributed by atoms with Crippen molar-refractivity contribution in [3.8, 4) is 11.6 Å². The number of halogens is 1. The van der Waals surface area contributed by atoms with Crippen molar-refractivity contribution in [1.82, 2.24) is 9.97 Å². The van der Waals surface area contributed by atoms with E-state index in [4.69, 9.17) is 21.1 Å². The predicted molar refractivity (Wildman–Crippen MR) is 81.9 cm³/mol. The van der Waals surface area contributed by atoms with Crippen LogP contribution in [-0.4, -0.2) is 17.1 Å². The van der Waals surface area contributed by atoms with Gasteiger partial charge in [0.15, 0.2) is 0 Å². The van der Waals surface area contributed by atoms with E-state index in [9.17, 15) is 0 Å². The zero-order valence-electron chi connectivity index (χ0n) is 11.4. The van der Waals surface area contributed by atoms with Gasteiger partial charge in [-0.15, -0.1) is 0 Å². The highest BCUT2D eigenvalue weighted by atomic mass is 35.5. The first kappa shape index (κ1) is 13.6. The highest BCUT2D eigenvalue weighted by Gasteiger charge is 2.07. The molecule has 4 nitrogen and oxygen atoms in total.